The van der Waals surface area contributed by atoms with Crippen molar-refractivity contribution in [2.75, 3.05) is 7.11 Å². The smallest absolute Gasteiger partial charge is 0.452 e. The molecule has 2 rings (SSSR count). The Morgan fingerprint density at radius 1 is 0.825 bits per heavy atom. The van der Waals surface area contributed by atoms with Gasteiger partial charge in [0.2, 0.25) is 11.8 Å². The number of hydrogen-bond donors (Lipinski definition) is 3. The van der Waals surface area contributed by atoms with Crippen molar-refractivity contribution < 1.29 is 45.9 Å². The Bertz CT molecular complexity index is 1240. The van der Waals surface area contributed by atoms with E-state index in [1.165, 1.54) is 57.4 Å². The molecule has 218 valence electrons. The van der Waals surface area contributed by atoms with Crippen LogP contribution in [0.2, 0.25) is 5.02 Å². The number of carbonyl (C=O) groups is 4. The maximum Gasteiger partial charge on any atom is 0.452 e. The van der Waals surface area contributed by atoms with Crippen molar-refractivity contribution in [3.05, 3.63) is 64.7 Å². The number of alkyl halides is 5. The lowest BCUT2D eigenvalue weighted by atomic mass is 9.97. The molecule has 3 atom stereocenters. The van der Waals surface area contributed by atoms with E-state index < -0.39 is 65.2 Å². The lowest BCUT2D eigenvalue weighted by Gasteiger charge is -2.27. The van der Waals surface area contributed by atoms with Crippen molar-refractivity contribution >= 4 is 35.1 Å². The Morgan fingerprint density at radius 2 is 1.40 bits per heavy atom. The second-order valence-corrected chi connectivity index (χ2v) is 9.46. The summed E-state index contributed by atoms with van der Waals surface area (Å²) >= 11 is 5.77. The van der Waals surface area contributed by atoms with E-state index in [4.69, 9.17) is 16.3 Å². The van der Waals surface area contributed by atoms with Gasteiger partial charge in [-0.1, -0.05) is 55.8 Å². The van der Waals surface area contributed by atoms with Gasteiger partial charge in [0.15, 0.2) is 0 Å². The number of carbonyl (C=O) groups excluding carboxylic acids is 4. The fourth-order valence-corrected chi connectivity index (χ4v) is 3.76. The molecule has 0 saturated heterocycles. The van der Waals surface area contributed by atoms with Gasteiger partial charge < -0.3 is 20.7 Å². The average molecular weight is 592 g/mol. The maximum absolute atomic E-state index is 14.7. The van der Waals surface area contributed by atoms with Crippen LogP contribution in [0.1, 0.15) is 37.9 Å². The molecule has 2 aromatic rings. The van der Waals surface area contributed by atoms with Gasteiger partial charge in [0.05, 0.1) is 18.2 Å². The summed E-state index contributed by atoms with van der Waals surface area (Å²) < 4.78 is 73.8. The average Bonchev–Trinajstić information content (AvgIpc) is 2.89. The first-order valence-corrected chi connectivity index (χ1v) is 12.2. The van der Waals surface area contributed by atoms with E-state index in [1.54, 1.807) is 0 Å². The zero-order chi connectivity index (χ0) is 30.4. The van der Waals surface area contributed by atoms with Crippen molar-refractivity contribution in [3.63, 3.8) is 0 Å². The Hall–Kier alpha value is -3.74. The molecule has 0 aliphatic carbocycles. The molecule has 0 fully saturated rings. The molecule has 0 heterocycles. The van der Waals surface area contributed by atoms with Crippen LogP contribution in [0.15, 0.2) is 48.5 Å². The number of hydrogen-bond acceptors (Lipinski definition) is 5. The van der Waals surface area contributed by atoms with Gasteiger partial charge in [0, 0.05) is 5.56 Å². The topological polar surface area (TPSA) is 114 Å². The van der Waals surface area contributed by atoms with E-state index in [2.05, 4.69) is 5.32 Å². The first-order valence-electron chi connectivity index (χ1n) is 11.8. The first kappa shape index (κ1) is 32.5. The van der Waals surface area contributed by atoms with Crippen molar-refractivity contribution in [1.82, 2.24) is 16.0 Å². The molecule has 0 bridgehead atoms. The van der Waals surface area contributed by atoms with Gasteiger partial charge in [-0.05, 0) is 36.6 Å². The van der Waals surface area contributed by atoms with Crippen molar-refractivity contribution in [2.45, 2.75) is 51.0 Å². The van der Waals surface area contributed by atoms with E-state index in [0.29, 0.717) is 5.75 Å². The van der Waals surface area contributed by atoms with Gasteiger partial charge in [0.25, 0.3) is 11.7 Å². The molecule has 0 unspecified atom stereocenters. The standard InChI is InChI=1S/C26H27ClF5N3O5/c1-13(2)19(21(36)26(30,31)32)34-23(38)20(15-9-11-16(40-4)12-10-15)35-22(37)14(3)33-24(39)25(28,29)17-7-5-6-8-18(17)27/h5-14,19-20H,1-4H3,(H,33,39)(H,34,38)(H,35,37)/t14-,19-,20-/m0/s1. The van der Waals surface area contributed by atoms with Crippen LogP contribution in [0.3, 0.4) is 0 Å². The quantitative estimate of drug-likeness (QED) is 0.341. The van der Waals surface area contributed by atoms with E-state index >= 15 is 0 Å². The Labute approximate surface area is 231 Å². The van der Waals surface area contributed by atoms with Crippen LogP contribution < -0.4 is 20.7 Å². The highest BCUT2D eigenvalue weighted by Gasteiger charge is 2.46. The first-order chi connectivity index (χ1) is 18.5. The van der Waals surface area contributed by atoms with Gasteiger partial charge in [0.1, 0.15) is 17.8 Å². The second kappa shape index (κ2) is 13.1. The number of nitrogens with one attached hydrogen (secondary N) is 3. The van der Waals surface area contributed by atoms with Crippen LogP contribution in [0.25, 0.3) is 0 Å². The summed E-state index contributed by atoms with van der Waals surface area (Å²) in [6.07, 6.45) is -5.24. The molecule has 0 radical (unpaired) electrons. The molecule has 0 aromatic heterocycles. The molecule has 8 nitrogen and oxygen atoms in total. The summed E-state index contributed by atoms with van der Waals surface area (Å²) in [5.74, 6) is -11.1. The number of ketones is 1. The molecular formula is C26H27ClF5N3O5. The van der Waals surface area contributed by atoms with Crippen molar-refractivity contribution in [1.29, 1.82) is 0 Å². The summed E-state index contributed by atoms with van der Waals surface area (Å²) in [7, 11) is 1.36. The third-order valence-electron chi connectivity index (χ3n) is 5.76. The SMILES string of the molecule is COc1ccc([C@H](NC(=O)[C@H](C)NC(=O)C(F)(F)c2ccccc2Cl)C(=O)N[C@H](C(=O)C(F)(F)F)C(C)C)cc1. The summed E-state index contributed by atoms with van der Waals surface area (Å²) in [5.41, 5.74) is -0.736. The number of rotatable bonds is 11. The zero-order valence-corrected chi connectivity index (χ0v) is 22.5. The largest absolute Gasteiger partial charge is 0.497 e. The van der Waals surface area contributed by atoms with E-state index in [0.717, 1.165) is 19.1 Å². The molecule has 0 aliphatic rings. The molecule has 3 N–H and O–H groups in total. The highest BCUT2D eigenvalue weighted by molar-refractivity contribution is 6.31. The Kier molecular flexibility index (Phi) is 10.6. The fourth-order valence-electron chi connectivity index (χ4n) is 3.50. The van der Waals surface area contributed by atoms with Gasteiger partial charge in [-0.2, -0.15) is 22.0 Å². The predicted molar refractivity (Wildman–Crippen MR) is 135 cm³/mol. The predicted octanol–water partition coefficient (Wildman–Crippen LogP) is 4.07. The molecular weight excluding hydrogens is 565 g/mol. The number of amides is 3. The van der Waals surface area contributed by atoms with E-state index in [9.17, 15) is 41.1 Å². The number of benzene rings is 2. The third kappa shape index (κ3) is 7.90. The van der Waals surface area contributed by atoms with Gasteiger partial charge in [-0.15, -0.1) is 0 Å². The van der Waals surface area contributed by atoms with Gasteiger partial charge >= 0.3 is 12.1 Å². The Balaban J connectivity index is 2.30. The van der Waals surface area contributed by atoms with Gasteiger partial charge in [-0.3, -0.25) is 19.2 Å². The fraction of sp³-hybridized carbons (Fsp3) is 0.385. The molecule has 2 aromatic carbocycles. The van der Waals surface area contributed by atoms with Crippen LogP contribution in [0, 0.1) is 5.92 Å². The third-order valence-corrected chi connectivity index (χ3v) is 6.09. The molecule has 0 aliphatic heterocycles. The summed E-state index contributed by atoms with van der Waals surface area (Å²) in [5, 5.41) is 5.70. The second-order valence-electron chi connectivity index (χ2n) is 9.06. The summed E-state index contributed by atoms with van der Waals surface area (Å²) in [4.78, 5) is 50.2. The highest BCUT2D eigenvalue weighted by Crippen LogP contribution is 2.33. The van der Waals surface area contributed by atoms with Crippen LogP contribution in [0.4, 0.5) is 22.0 Å². The molecule has 0 spiro atoms. The number of Topliss-reactive ketones (excluding diaryl/α,β-unsaturated/α-hetero) is 1. The minimum Gasteiger partial charge on any atom is -0.497 e. The summed E-state index contributed by atoms with van der Waals surface area (Å²) in [6.45, 7) is 3.63. The minimum atomic E-state index is -5.24. The van der Waals surface area contributed by atoms with E-state index in [-0.39, 0.29) is 10.6 Å². The lowest BCUT2D eigenvalue weighted by Crippen LogP contribution is -2.55. The Morgan fingerprint density at radius 3 is 1.90 bits per heavy atom. The maximum atomic E-state index is 14.7. The number of methoxy groups -OCH3 is 1. The molecule has 0 saturated carbocycles. The van der Waals surface area contributed by atoms with Crippen molar-refractivity contribution in [3.8, 4) is 5.75 Å². The molecule has 14 heteroatoms. The van der Waals surface area contributed by atoms with Crippen LogP contribution in [-0.4, -0.2) is 48.9 Å². The summed E-state index contributed by atoms with van der Waals surface area (Å²) in [6, 6.07) is 4.88. The number of halogens is 6. The van der Waals surface area contributed by atoms with Crippen LogP contribution in [-0.2, 0) is 25.1 Å². The minimum absolute atomic E-state index is 0.0635. The van der Waals surface area contributed by atoms with Gasteiger partial charge in [-0.25, -0.2) is 0 Å². The molecule has 40 heavy (non-hydrogen) atoms. The molecule has 3 amide bonds. The monoisotopic (exact) mass is 591 g/mol. The lowest BCUT2D eigenvalue weighted by molar-refractivity contribution is -0.175. The van der Waals surface area contributed by atoms with Crippen LogP contribution >= 0.6 is 11.6 Å². The van der Waals surface area contributed by atoms with Crippen molar-refractivity contribution in [2.24, 2.45) is 5.92 Å². The highest BCUT2D eigenvalue weighted by atomic mass is 35.5. The zero-order valence-electron chi connectivity index (χ0n) is 21.7. The normalized spacial score (nSPS) is 14.1. The van der Waals surface area contributed by atoms with E-state index in [1.807, 2.05) is 10.6 Å². The number of ether oxygens (including phenoxy) is 1. The van der Waals surface area contributed by atoms with Crippen LogP contribution in [0.5, 0.6) is 5.75 Å².